The quantitative estimate of drug-likeness (QED) is 0.839. The maximum Gasteiger partial charge on any atom is 0.131 e. The molecule has 0 aromatic heterocycles. The lowest BCUT2D eigenvalue weighted by molar-refractivity contribution is 0.295. The second kappa shape index (κ2) is 6.09. The Hall–Kier alpha value is -2.23. The van der Waals surface area contributed by atoms with Gasteiger partial charge in [-0.2, -0.15) is 0 Å². The van der Waals surface area contributed by atoms with Crippen molar-refractivity contribution >= 4 is 5.69 Å². The van der Waals surface area contributed by atoms with Crippen LogP contribution in [-0.2, 0) is 6.61 Å². The molecule has 0 aliphatic heterocycles. The third kappa shape index (κ3) is 3.37. The molecule has 0 radical (unpaired) electrons. The molecular weight excluding hydrogens is 245 g/mol. The summed E-state index contributed by atoms with van der Waals surface area (Å²) in [4.78, 5) is 0. The molecule has 4 heteroatoms. The van der Waals surface area contributed by atoms with Crippen LogP contribution < -0.4 is 15.2 Å². The van der Waals surface area contributed by atoms with Crippen LogP contribution in [0.4, 0.5) is 10.1 Å². The van der Waals surface area contributed by atoms with Gasteiger partial charge in [0.1, 0.15) is 23.9 Å². The molecule has 0 amide bonds. The molecule has 0 heterocycles. The Labute approximate surface area is 111 Å². The van der Waals surface area contributed by atoms with Gasteiger partial charge in [0.15, 0.2) is 0 Å². The highest BCUT2D eigenvalue weighted by Gasteiger charge is 2.07. The molecule has 0 bridgehead atoms. The molecule has 2 aromatic rings. The van der Waals surface area contributed by atoms with Gasteiger partial charge in [0.05, 0.1) is 6.61 Å². The lowest BCUT2D eigenvalue weighted by atomic mass is 10.2. The van der Waals surface area contributed by atoms with Crippen LogP contribution in [0.1, 0.15) is 12.5 Å². The molecule has 0 saturated heterocycles. The Morgan fingerprint density at radius 2 is 1.74 bits per heavy atom. The number of nitrogen functional groups attached to an aromatic ring is 1. The minimum atomic E-state index is -0.360. The van der Waals surface area contributed by atoms with Gasteiger partial charge in [-0.25, -0.2) is 4.39 Å². The normalized spacial score (nSPS) is 10.2. The molecular formula is C15H16FNO2. The van der Waals surface area contributed by atoms with E-state index in [1.54, 1.807) is 24.3 Å². The van der Waals surface area contributed by atoms with Crippen molar-refractivity contribution < 1.29 is 13.9 Å². The Kier molecular flexibility index (Phi) is 4.23. The zero-order valence-electron chi connectivity index (χ0n) is 10.7. The lowest BCUT2D eigenvalue weighted by Crippen LogP contribution is -2.03. The fourth-order valence-electron chi connectivity index (χ4n) is 1.70. The van der Waals surface area contributed by atoms with Crippen LogP contribution in [0, 0.1) is 5.82 Å². The van der Waals surface area contributed by atoms with Gasteiger partial charge in [-0.1, -0.05) is 12.1 Å². The maximum atomic E-state index is 13.6. The van der Waals surface area contributed by atoms with E-state index in [1.165, 1.54) is 6.07 Å². The number of anilines is 1. The molecule has 2 N–H and O–H groups in total. The second-order valence-electron chi connectivity index (χ2n) is 4.00. The van der Waals surface area contributed by atoms with E-state index in [2.05, 4.69) is 0 Å². The van der Waals surface area contributed by atoms with Gasteiger partial charge >= 0.3 is 0 Å². The highest BCUT2D eigenvalue weighted by molar-refractivity contribution is 5.47. The molecule has 0 aliphatic rings. The maximum absolute atomic E-state index is 13.6. The number of halogens is 1. The van der Waals surface area contributed by atoms with Gasteiger partial charge < -0.3 is 15.2 Å². The summed E-state index contributed by atoms with van der Waals surface area (Å²) in [6.45, 7) is 2.59. The average Bonchev–Trinajstić information content (AvgIpc) is 2.39. The van der Waals surface area contributed by atoms with E-state index >= 15 is 0 Å². The molecule has 0 saturated carbocycles. The summed E-state index contributed by atoms with van der Waals surface area (Å²) in [7, 11) is 0. The van der Waals surface area contributed by atoms with Crippen LogP contribution in [-0.4, -0.2) is 6.61 Å². The van der Waals surface area contributed by atoms with Crippen LogP contribution in [0.15, 0.2) is 42.5 Å². The minimum Gasteiger partial charge on any atom is -0.494 e. The Morgan fingerprint density at radius 3 is 2.42 bits per heavy atom. The number of nitrogens with two attached hydrogens (primary N) is 1. The highest BCUT2D eigenvalue weighted by Crippen LogP contribution is 2.22. The van der Waals surface area contributed by atoms with Gasteiger partial charge in [-0.05, 0) is 31.2 Å². The molecule has 0 unspecified atom stereocenters. The molecule has 2 aromatic carbocycles. The number of hydrogen-bond acceptors (Lipinski definition) is 3. The van der Waals surface area contributed by atoms with E-state index in [0.29, 0.717) is 23.6 Å². The third-order valence-electron chi connectivity index (χ3n) is 2.65. The average molecular weight is 261 g/mol. The van der Waals surface area contributed by atoms with Crippen molar-refractivity contribution in [2.45, 2.75) is 13.5 Å². The first-order chi connectivity index (χ1) is 9.20. The van der Waals surface area contributed by atoms with Gasteiger partial charge in [0.25, 0.3) is 0 Å². The molecule has 19 heavy (non-hydrogen) atoms. The summed E-state index contributed by atoms with van der Waals surface area (Å²) < 4.78 is 24.5. The van der Waals surface area contributed by atoms with E-state index in [9.17, 15) is 4.39 Å². The smallest absolute Gasteiger partial charge is 0.131 e. The summed E-state index contributed by atoms with van der Waals surface area (Å²) in [6, 6.07) is 11.8. The number of ether oxygens (including phenoxy) is 2. The van der Waals surface area contributed by atoms with E-state index < -0.39 is 0 Å². The number of hydrogen-bond donors (Lipinski definition) is 1. The Balaban J connectivity index is 2.08. The monoisotopic (exact) mass is 261 g/mol. The fourth-order valence-corrected chi connectivity index (χ4v) is 1.70. The standard InChI is InChI=1S/C15H16FNO2/c1-2-18-11-5-3-6-12(9-11)19-10-13-14(16)7-4-8-15(13)17/h3-9H,2,10,17H2,1H3. The zero-order chi connectivity index (χ0) is 13.7. The van der Waals surface area contributed by atoms with Crippen molar-refractivity contribution in [3.8, 4) is 11.5 Å². The fraction of sp³-hybridized carbons (Fsp3) is 0.200. The van der Waals surface area contributed by atoms with Gasteiger partial charge in [-0.15, -0.1) is 0 Å². The predicted octanol–water partition coefficient (Wildman–Crippen LogP) is 3.39. The first kappa shape index (κ1) is 13.2. The summed E-state index contributed by atoms with van der Waals surface area (Å²) in [5.41, 5.74) is 6.47. The summed E-state index contributed by atoms with van der Waals surface area (Å²) in [5, 5.41) is 0. The van der Waals surface area contributed by atoms with Crippen LogP contribution in [0.3, 0.4) is 0 Å². The molecule has 0 spiro atoms. The number of rotatable bonds is 5. The first-order valence-corrected chi connectivity index (χ1v) is 6.09. The summed E-state index contributed by atoms with van der Waals surface area (Å²) in [5.74, 6) is 0.982. The van der Waals surface area contributed by atoms with Crippen molar-refractivity contribution in [1.29, 1.82) is 0 Å². The van der Waals surface area contributed by atoms with Crippen LogP contribution in [0.5, 0.6) is 11.5 Å². The van der Waals surface area contributed by atoms with Crippen LogP contribution in [0.2, 0.25) is 0 Å². The van der Waals surface area contributed by atoms with Gasteiger partial charge in [0.2, 0.25) is 0 Å². The second-order valence-corrected chi connectivity index (χ2v) is 4.00. The summed E-state index contributed by atoms with van der Waals surface area (Å²) in [6.07, 6.45) is 0. The Morgan fingerprint density at radius 1 is 1.05 bits per heavy atom. The molecule has 0 fully saturated rings. The van der Waals surface area contributed by atoms with Crippen LogP contribution >= 0.6 is 0 Å². The van der Waals surface area contributed by atoms with Crippen molar-refractivity contribution in [3.05, 3.63) is 53.8 Å². The predicted molar refractivity (Wildman–Crippen MR) is 72.8 cm³/mol. The van der Waals surface area contributed by atoms with Crippen molar-refractivity contribution in [1.82, 2.24) is 0 Å². The van der Waals surface area contributed by atoms with E-state index in [0.717, 1.165) is 5.75 Å². The lowest BCUT2D eigenvalue weighted by Gasteiger charge is -2.10. The van der Waals surface area contributed by atoms with E-state index in [-0.39, 0.29) is 12.4 Å². The third-order valence-corrected chi connectivity index (χ3v) is 2.65. The van der Waals surface area contributed by atoms with Crippen molar-refractivity contribution in [2.24, 2.45) is 0 Å². The first-order valence-electron chi connectivity index (χ1n) is 6.09. The molecule has 0 atom stereocenters. The van der Waals surface area contributed by atoms with E-state index in [4.69, 9.17) is 15.2 Å². The topological polar surface area (TPSA) is 44.5 Å². The molecule has 3 nitrogen and oxygen atoms in total. The SMILES string of the molecule is CCOc1cccc(OCc2c(N)cccc2F)c1. The Bertz CT molecular complexity index is 537. The summed E-state index contributed by atoms with van der Waals surface area (Å²) >= 11 is 0. The van der Waals surface area contributed by atoms with Crippen LogP contribution in [0.25, 0.3) is 0 Å². The zero-order valence-corrected chi connectivity index (χ0v) is 10.7. The van der Waals surface area contributed by atoms with Crippen molar-refractivity contribution in [3.63, 3.8) is 0 Å². The van der Waals surface area contributed by atoms with Gasteiger partial charge in [0, 0.05) is 17.3 Å². The minimum absolute atomic E-state index is 0.0914. The van der Waals surface area contributed by atoms with E-state index in [1.807, 2.05) is 19.1 Å². The molecule has 0 aliphatic carbocycles. The molecule has 2 rings (SSSR count). The largest absolute Gasteiger partial charge is 0.494 e. The van der Waals surface area contributed by atoms with Gasteiger partial charge in [-0.3, -0.25) is 0 Å². The number of benzene rings is 2. The highest BCUT2D eigenvalue weighted by atomic mass is 19.1. The molecule has 100 valence electrons. The van der Waals surface area contributed by atoms with Crippen molar-refractivity contribution in [2.75, 3.05) is 12.3 Å².